The van der Waals surface area contributed by atoms with E-state index in [0.29, 0.717) is 6.54 Å². The number of hydrogen-bond acceptors (Lipinski definition) is 6. The topological polar surface area (TPSA) is 54.9 Å². The summed E-state index contributed by atoms with van der Waals surface area (Å²) in [6.07, 6.45) is 5.72. The molecule has 7 heteroatoms. The number of piperazine rings is 1. The molecule has 1 aromatic heterocycles. The zero-order valence-electron chi connectivity index (χ0n) is 21.4. The first-order chi connectivity index (χ1) is 17.5. The van der Waals surface area contributed by atoms with Crippen molar-refractivity contribution in [1.29, 1.82) is 0 Å². The molecule has 1 atom stereocenters. The normalized spacial score (nSPS) is 18.5. The highest BCUT2D eigenvalue weighted by molar-refractivity contribution is 7.13. The Morgan fingerprint density at radius 1 is 1.06 bits per heavy atom. The van der Waals surface area contributed by atoms with Crippen LogP contribution in [0.1, 0.15) is 51.6 Å². The highest BCUT2D eigenvalue weighted by atomic mass is 32.1. The van der Waals surface area contributed by atoms with Gasteiger partial charge in [-0.05, 0) is 63.6 Å². The Kier molecular flexibility index (Phi) is 7.46. The lowest BCUT2D eigenvalue weighted by Gasteiger charge is -2.42. The van der Waals surface area contributed by atoms with Crippen LogP contribution in [-0.4, -0.2) is 54.7 Å². The highest BCUT2D eigenvalue weighted by Crippen LogP contribution is 2.36. The summed E-state index contributed by atoms with van der Waals surface area (Å²) in [6.45, 7) is 6.08. The molecule has 0 bridgehead atoms. The van der Waals surface area contributed by atoms with Crippen LogP contribution in [-0.2, 0) is 6.42 Å². The van der Waals surface area contributed by atoms with E-state index in [0.717, 1.165) is 65.1 Å². The minimum atomic E-state index is 0.0526. The maximum atomic E-state index is 13.6. The molecule has 5 rings (SSSR count). The fourth-order valence-corrected chi connectivity index (χ4v) is 6.29. The van der Waals surface area contributed by atoms with Crippen molar-refractivity contribution in [3.05, 3.63) is 69.7 Å². The molecular weight excluding hydrogens is 470 g/mol. The lowest BCUT2D eigenvalue weighted by molar-refractivity contribution is 0.0660. The molecule has 1 saturated carbocycles. The second-order valence-corrected chi connectivity index (χ2v) is 11.0. The maximum Gasteiger partial charge on any atom is 0.266 e. The van der Waals surface area contributed by atoms with E-state index in [-0.39, 0.29) is 18.1 Å². The number of nitrogens with zero attached hydrogens (tertiary/aromatic N) is 3. The molecule has 1 aliphatic carbocycles. The van der Waals surface area contributed by atoms with Crippen LogP contribution in [0.2, 0.25) is 0 Å². The van der Waals surface area contributed by atoms with Gasteiger partial charge in [0.05, 0.1) is 30.0 Å². The maximum absolute atomic E-state index is 13.6. The molecule has 0 radical (unpaired) electrons. The molecule has 0 N–H and O–H groups in total. The van der Waals surface area contributed by atoms with E-state index >= 15 is 0 Å². The Morgan fingerprint density at radius 2 is 1.83 bits per heavy atom. The van der Waals surface area contributed by atoms with Gasteiger partial charge in [0, 0.05) is 31.4 Å². The van der Waals surface area contributed by atoms with E-state index in [1.807, 2.05) is 26.0 Å². The van der Waals surface area contributed by atoms with Gasteiger partial charge in [-0.2, -0.15) is 0 Å². The van der Waals surface area contributed by atoms with Gasteiger partial charge in [-0.15, -0.1) is 11.3 Å². The number of carbonyl (C=O) groups is 1. The third kappa shape index (κ3) is 5.36. The van der Waals surface area contributed by atoms with Gasteiger partial charge in [-0.25, -0.2) is 4.98 Å². The number of benzene rings is 2. The molecule has 1 saturated heterocycles. The summed E-state index contributed by atoms with van der Waals surface area (Å²) < 4.78 is 12.0. The zero-order chi connectivity index (χ0) is 25.1. The third-order valence-electron chi connectivity index (χ3n) is 7.26. The Hall–Kier alpha value is -3.06. The largest absolute Gasteiger partial charge is 0.493 e. The molecule has 2 aromatic carbocycles. The SMILES string of the molecule is COc1ccc(N2CCN(C(=O)c3sc(C)nc3C)C(Cc3ccccc3)C2)cc1OC1CCCC1. The average molecular weight is 506 g/mol. The van der Waals surface area contributed by atoms with E-state index in [2.05, 4.69) is 51.2 Å². The van der Waals surface area contributed by atoms with E-state index in [9.17, 15) is 4.79 Å². The summed E-state index contributed by atoms with van der Waals surface area (Å²) in [5.41, 5.74) is 3.17. The molecule has 6 nitrogen and oxygen atoms in total. The summed E-state index contributed by atoms with van der Waals surface area (Å²) in [7, 11) is 1.69. The van der Waals surface area contributed by atoms with Crippen molar-refractivity contribution in [1.82, 2.24) is 9.88 Å². The molecule has 0 spiro atoms. The first-order valence-corrected chi connectivity index (χ1v) is 13.7. The van der Waals surface area contributed by atoms with Gasteiger partial charge >= 0.3 is 0 Å². The van der Waals surface area contributed by atoms with Crippen LogP contribution in [0.3, 0.4) is 0 Å². The second kappa shape index (κ2) is 10.9. The van der Waals surface area contributed by atoms with Crippen molar-refractivity contribution >= 4 is 22.9 Å². The summed E-state index contributed by atoms with van der Waals surface area (Å²) in [5.74, 6) is 1.69. The predicted octanol–water partition coefficient (Wildman–Crippen LogP) is 5.66. The second-order valence-electron chi connectivity index (χ2n) is 9.80. The minimum Gasteiger partial charge on any atom is -0.493 e. The molecule has 190 valence electrons. The number of ether oxygens (including phenoxy) is 2. The van der Waals surface area contributed by atoms with E-state index in [4.69, 9.17) is 9.47 Å². The van der Waals surface area contributed by atoms with Crippen LogP contribution in [0.4, 0.5) is 5.69 Å². The predicted molar refractivity (Wildman–Crippen MR) is 145 cm³/mol. The Balaban J connectivity index is 1.40. The molecule has 1 amide bonds. The number of rotatable bonds is 7. The molecule has 2 heterocycles. The van der Waals surface area contributed by atoms with Crippen LogP contribution >= 0.6 is 11.3 Å². The summed E-state index contributed by atoms with van der Waals surface area (Å²) in [4.78, 5) is 23.3. The zero-order valence-corrected chi connectivity index (χ0v) is 22.2. The Bertz CT molecular complexity index is 1190. The van der Waals surface area contributed by atoms with E-state index < -0.39 is 0 Å². The van der Waals surface area contributed by atoms with Crippen molar-refractivity contribution in [2.45, 2.75) is 58.1 Å². The number of anilines is 1. The van der Waals surface area contributed by atoms with Crippen LogP contribution in [0, 0.1) is 13.8 Å². The summed E-state index contributed by atoms with van der Waals surface area (Å²) in [6, 6.07) is 16.7. The molecular formula is C29H35N3O3S. The lowest BCUT2D eigenvalue weighted by Crippen LogP contribution is -2.56. The molecule has 1 unspecified atom stereocenters. The number of methoxy groups -OCH3 is 1. The monoisotopic (exact) mass is 505 g/mol. The van der Waals surface area contributed by atoms with Gasteiger partial charge in [0.25, 0.3) is 5.91 Å². The van der Waals surface area contributed by atoms with Gasteiger partial charge < -0.3 is 19.3 Å². The fraction of sp³-hybridized carbons (Fsp3) is 0.448. The molecule has 2 fully saturated rings. The molecule has 2 aliphatic rings. The number of amides is 1. The number of hydrogen-bond donors (Lipinski definition) is 0. The minimum absolute atomic E-state index is 0.0526. The lowest BCUT2D eigenvalue weighted by atomic mass is 10.0. The van der Waals surface area contributed by atoms with E-state index in [1.165, 1.54) is 29.7 Å². The average Bonchev–Trinajstić information content (AvgIpc) is 3.53. The standard InChI is InChI=1S/C29H35N3O3S/c1-20-28(36-21(2)30-20)29(33)32-16-15-31(19-24(32)17-22-9-5-4-6-10-22)23-13-14-26(34-3)27(18-23)35-25-11-7-8-12-25/h4-6,9-10,13-14,18,24-25H,7-8,11-12,15-17,19H2,1-3H3. The van der Waals surface area contributed by atoms with Crippen molar-refractivity contribution in [2.75, 3.05) is 31.6 Å². The summed E-state index contributed by atoms with van der Waals surface area (Å²) >= 11 is 1.50. The summed E-state index contributed by atoms with van der Waals surface area (Å²) in [5, 5.41) is 0.933. The van der Waals surface area contributed by atoms with Crippen molar-refractivity contribution < 1.29 is 14.3 Å². The number of aromatic nitrogens is 1. The first-order valence-electron chi connectivity index (χ1n) is 12.9. The van der Waals surface area contributed by atoms with Crippen molar-refractivity contribution in [3.63, 3.8) is 0 Å². The molecule has 3 aromatic rings. The number of carbonyl (C=O) groups excluding carboxylic acids is 1. The van der Waals surface area contributed by atoms with Crippen molar-refractivity contribution in [2.24, 2.45) is 0 Å². The number of thiazole rings is 1. The van der Waals surface area contributed by atoms with Gasteiger partial charge in [0.1, 0.15) is 4.88 Å². The smallest absolute Gasteiger partial charge is 0.266 e. The van der Waals surface area contributed by atoms with Crippen LogP contribution in [0.25, 0.3) is 0 Å². The van der Waals surface area contributed by atoms with Crippen LogP contribution < -0.4 is 14.4 Å². The molecule has 36 heavy (non-hydrogen) atoms. The third-order valence-corrected chi connectivity index (χ3v) is 8.32. The quantitative estimate of drug-likeness (QED) is 0.415. The van der Waals surface area contributed by atoms with Crippen LogP contribution in [0.5, 0.6) is 11.5 Å². The highest BCUT2D eigenvalue weighted by Gasteiger charge is 2.33. The van der Waals surface area contributed by atoms with Crippen LogP contribution in [0.15, 0.2) is 48.5 Å². The Labute approximate surface area is 217 Å². The van der Waals surface area contributed by atoms with Gasteiger partial charge in [0.2, 0.25) is 0 Å². The Morgan fingerprint density at radius 3 is 2.53 bits per heavy atom. The van der Waals surface area contributed by atoms with Gasteiger partial charge in [0.15, 0.2) is 11.5 Å². The van der Waals surface area contributed by atoms with Gasteiger partial charge in [-0.3, -0.25) is 4.79 Å². The van der Waals surface area contributed by atoms with E-state index in [1.54, 1.807) is 7.11 Å². The fourth-order valence-electron chi connectivity index (χ4n) is 5.42. The first kappa shape index (κ1) is 24.6. The molecule has 1 aliphatic heterocycles. The van der Waals surface area contributed by atoms with Gasteiger partial charge in [-0.1, -0.05) is 30.3 Å². The number of aryl methyl sites for hydroxylation is 2. The van der Waals surface area contributed by atoms with Crippen molar-refractivity contribution in [3.8, 4) is 11.5 Å².